The number of hydrogen-bond acceptors (Lipinski definition) is 3. The maximum absolute atomic E-state index is 11.7. The minimum atomic E-state index is -0.0692. The number of ketones is 1. The minimum absolute atomic E-state index is 0.0164. The molecule has 0 unspecified atom stereocenters. The first-order valence-corrected chi connectivity index (χ1v) is 9.65. The van der Waals surface area contributed by atoms with E-state index in [-0.39, 0.29) is 43.3 Å². The maximum atomic E-state index is 11.7. The van der Waals surface area contributed by atoms with Crippen molar-refractivity contribution >= 4 is 17.6 Å². The number of carbonyl (C=O) groups excluding carboxylic acids is 3. The average molecular weight is 341 g/mol. The Hall–Kier alpha value is -1.39. The van der Waals surface area contributed by atoms with E-state index in [2.05, 4.69) is 24.5 Å². The van der Waals surface area contributed by atoms with Crippen LogP contribution in [-0.2, 0) is 14.4 Å². The molecule has 5 nitrogen and oxygen atoms in total. The van der Waals surface area contributed by atoms with Crippen LogP contribution >= 0.6 is 0 Å². The normalized spacial score (nSPS) is 10.4. The number of Topliss-reactive ketones (excluding diaryl/α,β-unsaturated/α-hetero) is 1. The third kappa shape index (κ3) is 15.5. The van der Waals surface area contributed by atoms with Crippen LogP contribution < -0.4 is 10.6 Å². The Kier molecular flexibility index (Phi) is 15.5. The molecule has 0 aliphatic rings. The lowest BCUT2D eigenvalue weighted by molar-refractivity contribution is -0.127. The lowest BCUT2D eigenvalue weighted by Gasteiger charge is -2.06. The number of carbonyl (C=O) groups is 3. The first kappa shape index (κ1) is 22.6. The second-order valence-electron chi connectivity index (χ2n) is 6.36. The van der Waals surface area contributed by atoms with Crippen LogP contribution in [0.5, 0.6) is 0 Å². The zero-order chi connectivity index (χ0) is 18.0. The molecule has 0 aromatic carbocycles. The Morgan fingerprint density at radius 3 is 1.38 bits per heavy atom. The molecule has 5 heteroatoms. The Morgan fingerprint density at radius 2 is 1.00 bits per heavy atom. The molecule has 0 rings (SSSR count). The molecule has 0 atom stereocenters. The summed E-state index contributed by atoms with van der Waals surface area (Å²) in [5, 5.41) is 5.67. The van der Waals surface area contributed by atoms with E-state index < -0.39 is 0 Å². The largest absolute Gasteiger partial charge is 0.356 e. The van der Waals surface area contributed by atoms with Gasteiger partial charge in [0.1, 0.15) is 5.78 Å². The molecule has 0 aromatic heterocycles. The van der Waals surface area contributed by atoms with Crippen LogP contribution in [0.4, 0.5) is 0 Å². The quantitative estimate of drug-likeness (QED) is 0.422. The highest BCUT2D eigenvalue weighted by Gasteiger charge is 2.09. The Bertz CT molecular complexity index is 325. The molecule has 0 bridgehead atoms. The summed E-state index contributed by atoms with van der Waals surface area (Å²) in [6.07, 6.45) is 9.88. The second kappa shape index (κ2) is 16.5. The molecule has 0 fully saturated rings. The Labute approximate surface area is 147 Å². The van der Waals surface area contributed by atoms with Gasteiger partial charge in [0.25, 0.3) is 0 Å². The van der Waals surface area contributed by atoms with E-state index in [1.165, 1.54) is 25.7 Å². The van der Waals surface area contributed by atoms with Crippen LogP contribution in [0.25, 0.3) is 0 Å². The molecular formula is C19H36N2O3. The van der Waals surface area contributed by atoms with Crippen LogP contribution in [0.1, 0.15) is 90.9 Å². The van der Waals surface area contributed by atoms with Crippen LogP contribution in [0.15, 0.2) is 0 Å². The first-order chi connectivity index (χ1) is 11.6. The van der Waals surface area contributed by atoms with Gasteiger partial charge in [-0.15, -0.1) is 0 Å². The third-order valence-electron chi connectivity index (χ3n) is 3.97. The second-order valence-corrected chi connectivity index (χ2v) is 6.36. The van der Waals surface area contributed by atoms with Gasteiger partial charge in [0, 0.05) is 38.8 Å². The topological polar surface area (TPSA) is 75.3 Å². The van der Waals surface area contributed by atoms with Gasteiger partial charge in [0.15, 0.2) is 0 Å². The smallest absolute Gasteiger partial charge is 0.220 e. The predicted molar refractivity (Wildman–Crippen MR) is 97.8 cm³/mol. The Morgan fingerprint density at radius 1 is 0.583 bits per heavy atom. The van der Waals surface area contributed by atoms with Crippen LogP contribution in [0, 0.1) is 0 Å². The average Bonchev–Trinajstić information content (AvgIpc) is 2.57. The molecule has 0 saturated carbocycles. The van der Waals surface area contributed by atoms with Crippen molar-refractivity contribution in [1.82, 2.24) is 10.6 Å². The molecule has 0 radical (unpaired) electrons. The zero-order valence-electron chi connectivity index (χ0n) is 15.6. The van der Waals surface area contributed by atoms with Gasteiger partial charge in [-0.05, 0) is 12.8 Å². The van der Waals surface area contributed by atoms with Crippen LogP contribution in [-0.4, -0.2) is 30.7 Å². The number of hydrogen-bond donors (Lipinski definition) is 2. The van der Waals surface area contributed by atoms with Crippen molar-refractivity contribution in [2.75, 3.05) is 13.1 Å². The monoisotopic (exact) mass is 340 g/mol. The summed E-state index contributed by atoms with van der Waals surface area (Å²) < 4.78 is 0. The van der Waals surface area contributed by atoms with Gasteiger partial charge < -0.3 is 10.6 Å². The van der Waals surface area contributed by atoms with Gasteiger partial charge in [-0.25, -0.2) is 0 Å². The number of rotatable bonds is 16. The van der Waals surface area contributed by atoms with Crippen LogP contribution in [0.3, 0.4) is 0 Å². The first-order valence-electron chi connectivity index (χ1n) is 9.65. The summed E-state index contributed by atoms with van der Waals surface area (Å²) in [6.45, 7) is 5.68. The molecule has 0 spiro atoms. The van der Waals surface area contributed by atoms with Crippen LogP contribution in [0.2, 0.25) is 0 Å². The summed E-state index contributed by atoms with van der Waals surface area (Å²) in [6, 6.07) is 0. The summed E-state index contributed by atoms with van der Waals surface area (Å²) in [5.74, 6) is -0.155. The van der Waals surface area contributed by atoms with E-state index >= 15 is 0 Å². The molecule has 24 heavy (non-hydrogen) atoms. The zero-order valence-corrected chi connectivity index (χ0v) is 15.6. The van der Waals surface area contributed by atoms with Gasteiger partial charge >= 0.3 is 0 Å². The summed E-state index contributed by atoms with van der Waals surface area (Å²) in [5.41, 5.74) is 0. The highest BCUT2D eigenvalue weighted by atomic mass is 16.2. The molecule has 2 N–H and O–H groups in total. The fourth-order valence-corrected chi connectivity index (χ4v) is 2.37. The van der Waals surface area contributed by atoms with Crippen molar-refractivity contribution in [3.05, 3.63) is 0 Å². The molecule has 0 heterocycles. The van der Waals surface area contributed by atoms with Crippen molar-refractivity contribution < 1.29 is 14.4 Å². The molecule has 140 valence electrons. The van der Waals surface area contributed by atoms with Gasteiger partial charge in [0.05, 0.1) is 0 Å². The van der Waals surface area contributed by atoms with E-state index in [9.17, 15) is 14.4 Å². The van der Waals surface area contributed by atoms with Gasteiger partial charge in [-0.1, -0.05) is 52.4 Å². The SMILES string of the molecule is CCCCCCNC(=O)CCC(=O)CCC(=O)NCCCCCC. The molecule has 0 aliphatic carbocycles. The fraction of sp³-hybridized carbons (Fsp3) is 0.842. The third-order valence-corrected chi connectivity index (χ3v) is 3.97. The predicted octanol–water partition coefficient (Wildman–Crippen LogP) is 3.51. The van der Waals surface area contributed by atoms with Crippen molar-refractivity contribution in [3.63, 3.8) is 0 Å². The molecule has 0 aromatic rings. The van der Waals surface area contributed by atoms with E-state index in [0.29, 0.717) is 13.1 Å². The van der Waals surface area contributed by atoms with Gasteiger partial charge in [-0.2, -0.15) is 0 Å². The summed E-state index contributed by atoms with van der Waals surface area (Å²) >= 11 is 0. The fourth-order valence-electron chi connectivity index (χ4n) is 2.37. The molecular weight excluding hydrogens is 304 g/mol. The van der Waals surface area contributed by atoms with Crippen molar-refractivity contribution in [2.24, 2.45) is 0 Å². The van der Waals surface area contributed by atoms with Gasteiger partial charge in [0.2, 0.25) is 11.8 Å². The molecule has 0 aliphatic heterocycles. The van der Waals surface area contributed by atoms with Crippen molar-refractivity contribution in [1.29, 1.82) is 0 Å². The summed E-state index contributed by atoms with van der Waals surface area (Å²) in [4.78, 5) is 34.9. The van der Waals surface area contributed by atoms with Gasteiger partial charge in [-0.3, -0.25) is 14.4 Å². The highest BCUT2D eigenvalue weighted by molar-refractivity contribution is 5.87. The number of amides is 2. The standard InChI is InChI=1S/C19H36N2O3/c1-3-5-7-9-15-20-18(23)13-11-17(22)12-14-19(24)21-16-10-8-6-4-2/h3-16H2,1-2H3,(H,20,23)(H,21,24). The van der Waals surface area contributed by atoms with E-state index in [1.807, 2.05) is 0 Å². The lowest BCUT2D eigenvalue weighted by Crippen LogP contribution is -2.26. The van der Waals surface area contributed by atoms with E-state index in [4.69, 9.17) is 0 Å². The number of nitrogens with one attached hydrogen (secondary N) is 2. The minimum Gasteiger partial charge on any atom is -0.356 e. The van der Waals surface area contributed by atoms with E-state index in [0.717, 1.165) is 25.7 Å². The molecule has 2 amide bonds. The Balaban J connectivity index is 3.53. The lowest BCUT2D eigenvalue weighted by atomic mass is 10.1. The maximum Gasteiger partial charge on any atom is 0.220 e. The van der Waals surface area contributed by atoms with Crippen molar-refractivity contribution in [3.8, 4) is 0 Å². The van der Waals surface area contributed by atoms with Crippen molar-refractivity contribution in [2.45, 2.75) is 90.9 Å². The molecule has 0 saturated heterocycles. The number of unbranched alkanes of at least 4 members (excludes halogenated alkanes) is 6. The summed E-state index contributed by atoms with van der Waals surface area (Å²) in [7, 11) is 0. The highest BCUT2D eigenvalue weighted by Crippen LogP contribution is 2.01. The van der Waals surface area contributed by atoms with E-state index in [1.54, 1.807) is 0 Å².